The number of para-hydroxylation sites is 2. The summed E-state index contributed by atoms with van der Waals surface area (Å²) in [6.45, 7) is 0. The Morgan fingerprint density at radius 2 is 0.299 bits per heavy atom. The SMILES string of the molecule is c1ccc([Si](c2ccccc2)(c2ccccc2)c2cccc(-c3ccccc3N(c3ccc(-c4cc5c6ccccc6c(-c6ccc(N(c7cccc([Si](c8ccccc8)(c8ccccc8)c8ccccc8)c7)c7ccccc7-c7cccc([Si](c8ccccc8)(c8ccccc8)c8ccccc8)c7)cc6)cc5c5ccccc45)cc3)c3cccc([Si](c4ccccc4)(c4ccccc4)c4ccccc4)c3)c2)cc1. The molecule has 680 valence electrons. The first-order chi connectivity index (χ1) is 71.4. The minimum Gasteiger partial charge on any atom is -0.310 e. The number of anilines is 6. The third-order valence-corrected chi connectivity index (χ3v) is 48.9. The van der Waals surface area contributed by atoms with Gasteiger partial charge in [0.05, 0.1) is 11.4 Å². The van der Waals surface area contributed by atoms with Gasteiger partial charge in [-0.15, -0.1) is 0 Å². The van der Waals surface area contributed by atoms with Gasteiger partial charge in [0.2, 0.25) is 0 Å². The number of rotatable bonds is 26. The van der Waals surface area contributed by atoms with Gasteiger partial charge in [0.1, 0.15) is 0 Å². The second kappa shape index (κ2) is 39.3. The molecule has 0 spiro atoms. The smallest absolute Gasteiger partial charge is 0.179 e. The van der Waals surface area contributed by atoms with Gasteiger partial charge < -0.3 is 9.80 Å². The Hall–Kier alpha value is -17.5. The molecule has 0 N–H and O–H groups in total. The lowest BCUT2D eigenvalue weighted by Gasteiger charge is -2.36. The van der Waals surface area contributed by atoms with Gasteiger partial charge in [-0.3, -0.25) is 0 Å². The lowest BCUT2D eigenvalue weighted by Crippen LogP contribution is -2.74. The minimum absolute atomic E-state index is 1.04. The quantitative estimate of drug-likeness (QED) is 0.0303. The highest BCUT2D eigenvalue weighted by atomic mass is 28.3. The molecule has 0 aliphatic rings. The molecule has 24 rings (SSSR count). The van der Waals surface area contributed by atoms with Crippen molar-refractivity contribution in [1.82, 2.24) is 0 Å². The van der Waals surface area contributed by atoms with Crippen molar-refractivity contribution in [1.29, 1.82) is 0 Å². The molecule has 24 aromatic rings. The van der Waals surface area contributed by atoms with Crippen LogP contribution in [0.5, 0.6) is 0 Å². The van der Waals surface area contributed by atoms with E-state index < -0.39 is 32.3 Å². The fraction of sp³-hybridized carbons (Fsp3) is 0. The second-order valence-electron chi connectivity index (χ2n) is 37.5. The summed E-state index contributed by atoms with van der Waals surface area (Å²) in [5.74, 6) is 0. The van der Waals surface area contributed by atoms with E-state index in [2.05, 4.69) is 629 Å². The van der Waals surface area contributed by atoms with Gasteiger partial charge in [-0.2, -0.15) is 0 Å². The topological polar surface area (TPSA) is 6.48 Å². The molecule has 2 nitrogen and oxygen atoms in total. The van der Waals surface area contributed by atoms with Crippen molar-refractivity contribution < 1.29 is 0 Å². The normalized spacial score (nSPS) is 11.8. The highest BCUT2D eigenvalue weighted by Gasteiger charge is 2.47. The van der Waals surface area contributed by atoms with Crippen molar-refractivity contribution in [3.8, 4) is 44.5 Å². The van der Waals surface area contributed by atoms with Crippen LogP contribution in [0.1, 0.15) is 0 Å². The molecule has 0 aliphatic carbocycles. The van der Waals surface area contributed by atoms with Crippen molar-refractivity contribution in [2.45, 2.75) is 0 Å². The van der Waals surface area contributed by atoms with E-state index in [-0.39, 0.29) is 0 Å². The third-order valence-electron chi connectivity index (χ3n) is 29.8. The number of hydrogen-bond donors (Lipinski definition) is 0. The molecule has 0 aromatic heterocycles. The van der Waals surface area contributed by atoms with Crippen molar-refractivity contribution in [3.05, 3.63) is 619 Å². The van der Waals surface area contributed by atoms with Gasteiger partial charge >= 0.3 is 0 Å². The Bertz CT molecular complexity index is 7740. The number of fused-ring (bicyclic) bond motifs is 5. The number of benzene rings is 24. The molecule has 0 unspecified atom stereocenters. The van der Waals surface area contributed by atoms with Crippen LogP contribution in [0.4, 0.5) is 34.1 Å². The average molecular weight is 1900 g/mol. The molecule has 0 saturated heterocycles. The van der Waals surface area contributed by atoms with Gasteiger partial charge in [0.25, 0.3) is 0 Å². The van der Waals surface area contributed by atoms with Crippen LogP contribution in [0.25, 0.3) is 76.8 Å². The van der Waals surface area contributed by atoms with Crippen molar-refractivity contribution in [3.63, 3.8) is 0 Å². The molecule has 0 amide bonds. The predicted molar refractivity (Wildman–Crippen MR) is 625 cm³/mol. The molecule has 0 fully saturated rings. The van der Waals surface area contributed by atoms with Crippen LogP contribution in [-0.2, 0) is 0 Å². The van der Waals surface area contributed by atoms with E-state index in [1.165, 1.54) is 126 Å². The predicted octanol–water partition coefficient (Wildman–Crippen LogP) is 24.3. The molecule has 0 radical (unpaired) electrons. The minimum atomic E-state index is -3.05. The highest BCUT2D eigenvalue weighted by molar-refractivity contribution is 7.22. The summed E-state index contributed by atoms with van der Waals surface area (Å²) >= 11 is 0. The van der Waals surface area contributed by atoms with Crippen LogP contribution in [0.3, 0.4) is 0 Å². The Morgan fingerprint density at radius 3 is 0.542 bits per heavy atom. The molecule has 0 heterocycles. The Kier molecular flexibility index (Phi) is 24.3. The lowest BCUT2D eigenvalue weighted by molar-refractivity contribution is 1.29. The van der Waals surface area contributed by atoms with E-state index in [0.29, 0.717) is 0 Å². The molecule has 0 bridgehead atoms. The molecule has 144 heavy (non-hydrogen) atoms. The zero-order valence-electron chi connectivity index (χ0n) is 79.8. The van der Waals surface area contributed by atoms with Crippen LogP contribution in [0.2, 0.25) is 0 Å². The fourth-order valence-electron chi connectivity index (χ4n) is 23.5. The van der Waals surface area contributed by atoms with E-state index in [9.17, 15) is 0 Å². The summed E-state index contributed by atoms with van der Waals surface area (Å²) in [7, 11) is -12.0. The number of nitrogens with zero attached hydrogens (tertiary/aromatic N) is 2. The van der Waals surface area contributed by atoms with Crippen molar-refractivity contribution >= 4 is 182 Å². The third kappa shape index (κ3) is 15.8. The van der Waals surface area contributed by atoms with E-state index in [1.807, 2.05) is 0 Å². The fourth-order valence-corrected chi connectivity index (χ4v) is 42.7. The van der Waals surface area contributed by atoms with Gasteiger partial charge in [0.15, 0.2) is 32.3 Å². The van der Waals surface area contributed by atoms with Crippen LogP contribution in [0, 0.1) is 0 Å². The number of hydrogen-bond acceptors (Lipinski definition) is 2. The van der Waals surface area contributed by atoms with Crippen molar-refractivity contribution in [2.24, 2.45) is 0 Å². The molecule has 6 heteroatoms. The largest absolute Gasteiger partial charge is 0.310 e. The first-order valence-electron chi connectivity index (χ1n) is 49.9. The second-order valence-corrected chi connectivity index (χ2v) is 52.7. The molecule has 24 aromatic carbocycles. The summed E-state index contributed by atoms with van der Waals surface area (Å²) in [4.78, 5) is 5.07. The van der Waals surface area contributed by atoms with E-state index >= 15 is 0 Å². The van der Waals surface area contributed by atoms with Gasteiger partial charge in [-0.1, -0.05) is 546 Å². The maximum atomic E-state index is 2.53. The van der Waals surface area contributed by atoms with Gasteiger partial charge in [0, 0.05) is 33.9 Å². The molecule has 0 saturated carbocycles. The zero-order chi connectivity index (χ0) is 96.1. The molecular formula is C138H102N2Si4. The van der Waals surface area contributed by atoms with Crippen LogP contribution >= 0.6 is 0 Å². The summed E-state index contributed by atoms with van der Waals surface area (Å²) in [6, 6.07) is 234. The highest BCUT2D eigenvalue weighted by Crippen LogP contribution is 2.47. The van der Waals surface area contributed by atoms with E-state index in [0.717, 1.165) is 67.5 Å². The van der Waals surface area contributed by atoms with Gasteiger partial charge in [-0.05, 0) is 221 Å². The standard InChI is InChI=1S/C138H102N2Si4/c1-13-53-111(54-14-1)141(112-55-15-2-16-56-112,113-57-17-3-18-58-113)123-77-45-49-105(97-123)127-81-41-43-87-137(127)139(109-51-47-79-125(99-109)143(117-65-25-7-26-66-117,118-67-27-8-28-68-118)119-69-29-9-30-70-119)107-93-89-103(90-94-107)133-101-135-132-86-40-38-84-130(132)134(102-136(135)131-85-39-37-83-129(131)133)104-91-95-108(96-92-104)140(110-52-48-80-126(100-110)144(120-71-31-10-32-72-120,121-73-33-11-34-74-121)122-75-35-12-36-76-122)138-88-44-42-82-128(138)106-50-46-78-124(98-106)142(114-59-19-4-20-60-114,115-61-21-5-22-62-115)116-63-23-6-24-64-116/h1-102H. The summed E-state index contributed by atoms with van der Waals surface area (Å²) in [6.07, 6.45) is 0. The maximum Gasteiger partial charge on any atom is 0.179 e. The lowest BCUT2D eigenvalue weighted by atomic mass is 9.87. The average Bonchev–Trinajstić information content (AvgIpc) is 0.742. The monoisotopic (exact) mass is 1900 g/mol. The first kappa shape index (κ1) is 89.2. The van der Waals surface area contributed by atoms with Crippen molar-refractivity contribution in [2.75, 3.05) is 9.80 Å². The summed E-state index contributed by atoms with van der Waals surface area (Å²) in [5, 5.41) is 28.3. The van der Waals surface area contributed by atoms with E-state index in [1.54, 1.807) is 0 Å². The van der Waals surface area contributed by atoms with E-state index in [4.69, 9.17) is 0 Å². The van der Waals surface area contributed by atoms with Crippen LogP contribution in [0.15, 0.2) is 619 Å². The van der Waals surface area contributed by atoms with Crippen LogP contribution in [-0.4, -0.2) is 32.3 Å². The molecular weight excluding hydrogens is 1800 g/mol. The Balaban J connectivity index is 0.656. The molecule has 0 aliphatic heterocycles. The van der Waals surface area contributed by atoms with Crippen LogP contribution < -0.4 is 92.8 Å². The maximum absolute atomic E-state index is 3.05. The summed E-state index contributed by atoms with van der Waals surface area (Å²) in [5.41, 5.74) is 15.5. The molecule has 0 atom stereocenters. The summed E-state index contributed by atoms with van der Waals surface area (Å²) < 4.78 is 0. The Morgan fingerprint density at radius 1 is 0.104 bits per heavy atom. The van der Waals surface area contributed by atoms with Gasteiger partial charge in [-0.25, -0.2) is 0 Å². The Labute approximate surface area is 848 Å². The first-order valence-corrected chi connectivity index (χ1v) is 57.9. The zero-order valence-corrected chi connectivity index (χ0v) is 83.8.